The fourth-order valence-corrected chi connectivity index (χ4v) is 2.80. The van der Waals surface area contributed by atoms with Crippen LogP contribution in [0.4, 0.5) is 4.79 Å². The van der Waals surface area contributed by atoms with Crippen molar-refractivity contribution in [2.75, 3.05) is 6.54 Å². The van der Waals surface area contributed by atoms with E-state index in [0.29, 0.717) is 19.6 Å². The highest BCUT2D eigenvalue weighted by molar-refractivity contribution is 5.73. The highest BCUT2D eigenvalue weighted by Gasteiger charge is 2.07. The molecule has 0 aliphatic carbocycles. The van der Waals surface area contributed by atoms with Crippen molar-refractivity contribution < 1.29 is 9.53 Å². The molecule has 1 heterocycles. The average Bonchev–Trinajstić information content (AvgIpc) is 2.74. The number of carbonyl (C=O) groups excluding carboxylic acids is 1. The minimum absolute atomic E-state index is 0.0274. The molecular weight excluding hydrogens is 366 g/mol. The molecule has 29 heavy (non-hydrogen) atoms. The summed E-state index contributed by atoms with van der Waals surface area (Å²) >= 11 is 0. The number of amides is 2. The number of urea groups is 1. The molecule has 0 saturated carbocycles. The summed E-state index contributed by atoms with van der Waals surface area (Å²) < 4.78 is 7.38. The molecule has 2 N–H and O–H groups in total. The lowest BCUT2D eigenvalue weighted by Gasteiger charge is -2.15. The van der Waals surface area contributed by atoms with Crippen LogP contribution in [0, 0.1) is 0 Å². The Morgan fingerprint density at radius 3 is 2.34 bits per heavy atom. The van der Waals surface area contributed by atoms with E-state index < -0.39 is 0 Å². The van der Waals surface area contributed by atoms with Crippen LogP contribution in [0.15, 0.2) is 83.8 Å². The van der Waals surface area contributed by atoms with Crippen molar-refractivity contribution in [1.29, 1.82) is 0 Å². The second kappa shape index (κ2) is 10.1. The van der Waals surface area contributed by atoms with Gasteiger partial charge in [-0.05, 0) is 36.2 Å². The minimum Gasteiger partial charge on any atom is -0.489 e. The monoisotopic (exact) mass is 391 g/mol. The Hall–Kier alpha value is -3.54. The van der Waals surface area contributed by atoms with Gasteiger partial charge in [-0.1, -0.05) is 48.5 Å². The topological polar surface area (TPSA) is 72.4 Å². The molecule has 1 unspecified atom stereocenters. The van der Waals surface area contributed by atoms with E-state index in [-0.39, 0.29) is 17.7 Å². The summed E-state index contributed by atoms with van der Waals surface area (Å²) in [5, 5.41) is 5.65. The Kier molecular flexibility index (Phi) is 7.05. The summed E-state index contributed by atoms with van der Waals surface area (Å²) in [6.45, 7) is 3.26. The first-order chi connectivity index (χ1) is 14.1. The third-order valence-corrected chi connectivity index (χ3v) is 4.36. The SMILES string of the molecule is CC(CNC(=O)NCc1ccc(Cn2ccccc2=O)cc1)Oc1ccccc1. The van der Waals surface area contributed by atoms with Gasteiger partial charge in [0.25, 0.3) is 5.56 Å². The standard InChI is InChI=1S/C23H25N3O3/c1-18(29-21-7-3-2-4-8-21)15-24-23(28)25-16-19-10-12-20(13-11-19)17-26-14-6-5-9-22(26)27/h2-14,18H,15-17H2,1H3,(H2,24,25,28). The van der Waals surface area contributed by atoms with Crippen molar-refractivity contribution in [3.63, 3.8) is 0 Å². The van der Waals surface area contributed by atoms with Crippen molar-refractivity contribution in [1.82, 2.24) is 15.2 Å². The highest BCUT2D eigenvalue weighted by atomic mass is 16.5. The smallest absolute Gasteiger partial charge is 0.315 e. The van der Waals surface area contributed by atoms with Gasteiger partial charge in [0.15, 0.2) is 0 Å². The van der Waals surface area contributed by atoms with Crippen molar-refractivity contribution in [2.24, 2.45) is 0 Å². The quantitative estimate of drug-likeness (QED) is 0.620. The van der Waals surface area contributed by atoms with Crippen molar-refractivity contribution in [3.8, 4) is 5.75 Å². The summed E-state index contributed by atoms with van der Waals surface area (Å²) in [6, 6.07) is 22.2. The molecule has 0 aliphatic rings. The molecule has 0 saturated heterocycles. The summed E-state index contributed by atoms with van der Waals surface area (Å²) in [4.78, 5) is 23.8. The van der Waals surface area contributed by atoms with Crippen LogP contribution in [0.2, 0.25) is 0 Å². The molecule has 6 nitrogen and oxygen atoms in total. The molecule has 2 amide bonds. The zero-order valence-corrected chi connectivity index (χ0v) is 16.4. The van der Waals surface area contributed by atoms with Crippen LogP contribution in [0.1, 0.15) is 18.1 Å². The van der Waals surface area contributed by atoms with E-state index in [0.717, 1.165) is 16.9 Å². The van der Waals surface area contributed by atoms with Crippen molar-refractivity contribution in [2.45, 2.75) is 26.1 Å². The van der Waals surface area contributed by atoms with E-state index in [9.17, 15) is 9.59 Å². The van der Waals surface area contributed by atoms with Gasteiger partial charge in [0.05, 0.1) is 13.1 Å². The van der Waals surface area contributed by atoms with E-state index in [1.807, 2.05) is 67.6 Å². The lowest BCUT2D eigenvalue weighted by atomic mass is 10.1. The number of rotatable bonds is 8. The van der Waals surface area contributed by atoms with Gasteiger partial charge in [0.1, 0.15) is 11.9 Å². The number of carbonyl (C=O) groups is 1. The number of pyridine rings is 1. The number of nitrogens with zero attached hydrogens (tertiary/aromatic N) is 1. The van der Waals surface area contributed by atoms with E-state index in [1.54, 1.807) is 22.9 Å². The first-order valence-electron chi connectivity index (χ1n) is 9.57. The third kappa shape index (κ3) is 6.53. The molecule has 3 rings (SSSR count). The molecule has 1 aromatic heterocycles. The van der Waals surface area contributed by atoms with Crippen molar-refractivity contribution >= 4 is 6.03 Å². The lowest BCUT2D eigenvalue weighted by Crippen LogP contribution is -2.40. The van der Waals surface area contributed by atoms with Gasteiger partial charge in [-0.25, -0.2) is 4.79 Å². The summed E-state index contributed by atoms with van der Waals surface area (Å²) in [6.07, 6.45) is 1.63. The second-order valence-corrected chi connectivity index (χ2v) is 6.79. The first kappa shape index (κ1) is 20.2. The maximum Gasteiger partial charge on any atom is 0.315 e. The van der Waals surface area contributed by atoms with Gasteiger partial charge >= 0.3 is 6.03 Å². The van der Waals surface area contributed by atoms with Gasteiger partial charge < -0.3 is 19.9 Å². The number of para-hydroxylation sites is 1. The number of hydrogen-bond acceptors (Lipinski definition) is 3. The number of nitrogens with one attached hydrogen (secondary N) is 2. The molecule has 0 spiro atoms. The van der Waals surface area contributed by atoms with Crippen LogP contribution >= 0.6 is 0 Å². The molecular formula is C23H25N3O3. The number of hydrogen-bond donors (Lipinski definition) is 2. The molecule has 0 aliphatic heterocycles. The predicted octanol–water partition coefficient (Wildman–Crippen LogP) is 3.16. The Balaban J connectivity index is 1.41. The normalized spacial score (nSPS) is 11.5. The predicted molar refractivity (Wildman–Crippen MR) is 113 cm³/mol. The number of benzene rings is 2. The largest absolute Gasteiger partial charge is 0.489 e. The molecule has 150 valence electrons. The molecule has 3 aromatic rings. The lowest BCUT2D eigenvalue weighted by molar-refractivity contribution is 0.207. The third-order valence-electron chi connectivity index (χ3n) is 4.36. The molecule has 0 fully saturated rings. The fourth-order valence-electron chi connectivity index (χ4n) is 2.80. The van der Waals surface area contributed by atoms with Gasteiger partial charge in [0, 0.05) is 18.8 Å². The Bertz CT molecular complexity index is 968. The van der Waals surface area contributed by atoms with E-state index in [2.05, 4.69) is 10.6 Å². The molecule has 0 bridgehead atoms. The highest BCUT2D eigenvalue weighted by Crippen LogP contribution is 2.10. The Morgan fingerprint density at radius 1 is 0.931 bits per heavy atom. The fraction of sp³-hybridized carbons (Fsp3) is 0.217. The average molecular weight is 391 g/mol. The van der Waals surface area contributed by atoms with E-state index >= 15 is 0 Å². The van der Waals surface area contributed by atoms with Crippen LogP contribution in [-0.2, 0) is 13.1 Å². The molecule has 1 atom stereocenters. The van der Waals surface area contributed by atoms with Crippen LogP contribution in [0.3, 0.4) is 0 Å². The Labute approximate surface area is 170 Å². The zero-order chi connectivity index (χ0) is 20.5. The van der Waals surface area contributed by atoms with Crippen LogP contribution < -0.4 is 20.9 Å². The number of ether oxygens (including phenoxy) is 1. The van der Waals surface area contributed by atoms with Crippen LogP contribution in [0.5, 0.6) is 5.75 Å². The van der Waals surface area contributed by atoms with Gasteiger partial charge in [-0.3, -0.25) is 4.79 Å². The van der Waals surface area contributed by atoms with Gasteiger partial charge in [-0.2, -0.15) is 0 Å². The minimum atomic E-state index is -0.242. The molecule has 2 aromatic carbocycles. The first-order valence-corrected chi connectivity index (χ1v) is 9.57. The summed E-state index contributed by atoms with van der Waals surface area (Å²) in [5.41, 5.74) is 1.98. The summed E-state index contributed by atoms with van der Waals surface area (Å²) in [7, 11) is 0. The molecule has 6 heteroatoms. The maximum absolute atomic E-state index is 12.0. The second-order valence-electron chi connectivity index (χ2n) is 6.79. The summed E-state index contributed by atoms with van der Waals surface area (Å²) in [5.74, 6) is 0.778. The number of aromatic nitrogens is 1. The zero-order valence-electron chi connectivity index (χ0n) is 16.4. The van der Waals surface area contributed by atoms with Crippen LogP contribution in [-0.4, -0.2) is 23.2 Å². The maximum atomic E-state index is 12.0. The van der Waals surface area contributed by atoms with Crippen molar-refractivity contribution in [3.05, 3.63) is 100 Å². The van der Waals surface area contributed by atoms with E-state index in [4.69, 9.17) is 4.74 Å². The van der Waals surface area contributed by atoms with Gasteiger partial charge in [0.2, 0.25) is 0 Å². The van der Waals surface area contributed by atoms with Gasteiger partial charge in [-0.15, -0.1) is 0 Å². The molecule has 0 radical (unpaired) electrons. The van der Waals surface area contributed by atoms with E-state index in [1.165, 1.54) is 0 Å². The van der Waals surface area contributed by atoms with Crippen LogP contribution in [0.25, 0.3) is 0 Å². The Morgan fingerprint density at radius 2 is 1.62 bits per heavy atom.